The van der Waals surface area contributed by atoms with Crippen LogP contribution < -0.4 is 11.1 Å². The van der Waals surface area contributed by atoms with E-state index < -0.39 is 4.92 Å². The molecule has 0 saturated carbocycles. The molecule has 3 N–H and O–H groups in total. The lowest BCUT2D eigenvalue weighted by Crippen LogP contribution is -2.01. The number of hydrogen-bond acceptors (Lipinski definition) is 6. The molecule has 0 bridgehead atoms. The molecule has 0 radical (unpaired) electrons. The van der Waals surface area contributed by atoms with E-state index in [4.69, 9.17) is 10.3 Å². The highest BCUT2D eigenvalue weighted by atomic mass is 16.6. The van der Waals surface area contributed by atoms with Gasteiger partial charge < -0.3 is 15.6 Å². The number of nitrogen functional groups attached to an aromatic ring is 1. The molecule has 0 aliphatic rings. The van der Waals surface area contributed by atoms with E-state index in [1.807, 2.05) is 13.0 Å². The van der Waals surface area contributed by atoms with Crippen LogP contribution in [0.15, 0.2) is 28.8 Å². The number of nitrogens with one attached hydrogen (secondary N) is 1. The predicted octanol–water partition coefficient (Wildman–Crippen LogP) is 2.09. The van der Waals surface area contributed by atoms with Crippen molar-refractivity contribution < 1.29 is 9.45 Å². The number of nitro benzene ring substituents is 1. The molecule has 1 aromatic heterocycles. The minimum atomic E-state index is -0.515. The number of nitro groups is 1. The Hall–Kier alpha value is -2.57. The first-order valence-corrected chi connectivity index (χ1v) is 5.26. The van der Waals surface area contributed by atoms with Crippen molar-refractivity contribution in [3.8, 4) is 0 Å². The molecule has 0 spiro atoms. The minimum Gasteiger partial charge on any atom is -0.393 e. The second kappa shape index (κ2) is 4.74. The summed E-state index contributed by atoms with van der Waals surface area (Å²) < 4.78 is 5.03. The maximum atomic E-state index is 10.6. The number of hydrogen-bond donors (Lipinski definition) is 2. The first-order valence-electron chi connectivity index (χ1n) is 5.26. The Bertz CT molecular complexity index is 579. The van der Waals surface area contributed by atoms with Gasteiger partial charge >= 0.3 is 0 Å². The quantitative estimate of drug-likeness (QED) is 0.487. The van der Waals surface area contributed by atoms with E-state index in [2.05, 4.69) is 10.5 Å². The average Bonchev–Trinajstić information content (AvgIpc) is 2.72. The van der Waals surface area contributed by atoms with Crippen molar-refractivity contribution in [3.05, 3.63) is 45.8 Å². The zero-order valence-corrected chi connectivity index (χ0v) is 9.71. The Labute approximate surface area is 103 Å². The molecule has 1 heterocycles. The smallest absolute Gasteiger partial charge is 0.292 e. The van der Waals surface area contributed by atoms with Gasteiger partial charge in [-0.15, -0.1) is 0 Å². The molecule has 94 valence electrons. The van der Waals surface area contributed by atoms with Crippen LogP contribution in [0.3, 0.4) is 0 Å². The van der Waals surface area contributed by atoms with E-state index in [-0.39, 0.29) is 11.4 Å². The van der Waals surface area contributed by atoms with Gasteiger partial charge in [0.2, 0.25) is 0 Å². The molecule has 0 fully saturated rings. The first kappa shape index (κ1) is 11.9. The van der Waals surface area contributed by atoms with E-state index in [1.54, 1.807) is 6.07 Å². The number of nitrogens with zero attached hydrogens (tertiary/aromatic N) is 2. The van der Waals surface area contributed by atoms with Crippen molar-refractivity contribution in [2.45, 2.75) is 13.5 Å². The molecule has 0 saturated heterocycles. The van der Waals surface area contributed by atoms with Crippen molar-refractivity contribution in [3.63, 3.8) is 0 Å². The molecule has 0 amide bonds. The number of nitrogens with two attached hydrogens (primary N) is 1. The third-order valence-corrected chi connectivity index (χ3v) is 2.37. The third kappa shape index (κ3) is 2.57. The van der Waals surface area contributed by atoms with Gasteiger partial charge in [-0.05, 0) is 19.1 Å². The van der Waals surface area contributed by atoms with Crippen LogP contribution in [-0.2, 0) is 6.54 Å². The van der Waals surface area contributed by atoms with Gasteiger partial charge in [-0.3, -0.25) is 10.1 Å². The Balaban J connectivity index is 2.06. The van der Waals surface area contributed by atoms with Gasteiger partial charge in [0, 0.05) is 17.8 Å². The van der Waals surface area contributed by atoms with Crippen molar-refractivity contribution in [2.75, 3.05) is 11.1 Å². The Morgan fingerprint density at radius 2 is 2.28 bits per heavy atom. The van der Waals surface area contributed by atoms with Crippen LogP contribution in [0.4, 0.5) is 17.1 Å². The van der Waals surface area contributed by atoms with Crippen LogP contribution >= 0.6 is 0 Å². The van der Waals surface area contributed by atoms with Gasteiger partial charge in [-0.2, -0.15) is 0 Å². The predicted molar refractivity (Wildman–Crippen MR) is 66.1 cm³/mol. The monoisotopic (exact) mass is 248 g/mol. The topological polar surface area (TPSA) is 107 Å². The van der Waals surface area contributed by atoms with Gasteiger partial charge in [0.1, 0.15) is 5.69 Å². The van der Waals surface area contributed by atoms with Crippen LogP contribution in [-0.4, -0.2) is 10.1 Å². The number of aryl methyl sites for hydroxylation is 1. The first-order chi connectivity index (χ1) is 8.56. The Morgan fingerprint density at radius 3 is 2.83 bits per heavy atom. The fourth-order valence-electron chi connectivity index (χ4n) is 1.52. The molecule has 0 atom stereocenters. The lowest BCUT2D eigenvalue weighted by Gasteiger charge is -2.05. The number of anilines is 2. The molecule has 7 nitrogen and oxygen atoms in total. The average molecular weight is 248 g/mol. The zero-order valence-electron chi connectivity index (χ0n) is 9.71. The second-order valence-electron chi connectivity index (χ2n) is 3.82. The van der Waals surface area contributed by atoms with Gasteiger partial charge in [-0.1, -0.05) is 5.16 Å². The highest BCUT2D eigenvalue weighted by Crippen LogP contribution is 2.24. The van der Waals surface area contributed by atoms with Gasteiger partial charge in [-0.25, -0.2) is 0 Å². The Morgan fingerprint density at radius 1 is 1.50 bits per heavy atom. The highest BCUT2D eigenvalue weighted by Gasteiger charge is 2.11. The molecular formula is C11H12N4O3. The molecule has 7 heteroatoms. The summed E-state index contributed by atoms with van der Waals surface area (Å²) in [5.74, 6) is 0.685. The molecule has 0 aliphatic carbocycles. The fraction of sp³-hybridized carbons (Fsp3) is 0.182. The highest BCUT2D eigenvalue weighted by molar-refractivity contribution is 5.65. The maximum Gasteiger partial charge on any atom is 0.292 e. The van der Waals surface area contributed by atoms with E-state index >= 15 is 0 Å². The Kier molecular flexibility index (Phi) is 3.13. The van der Waals surface area contributed by atoms with Crippen LogP contribution in [0.2, 0.25) is 0 Å². The normalized spacial score (nSPS) is 10.3. The molecule has 1 aromatic carbocycles. The third-order valence-electron chi connectivity index (χ3n) is 2.37. The minimum absolute atomic E-state index is 0.101. The molecule has 0 unspecified atom stereocenters. The van der Waals surface area contributed by atoms with Crippen molar-refractivity contribution in [1.82, 2.24) is 5.16 Å². The summed E-state index contributed by atoms with van der Waals surface area (Å²) in [6, 6.07) is 6.28. The van der Waals surface area contributed by atoms with Crippen molar-refractivity contribution in [1.29, 1.82) is 0 Å². The van der Waals surface area contributed by atoms with Gasteiger partial charge in [0.15, 0.2) is 5.76 Å². The largest absolute Gasteiger partial charge is 0.393 e. The van der Waals surface area contributed by atoms with E-state index in [0.29, 0.717) is 18.0 Å². The lowest BCUT2D eigenvalue weighted by atomic mass is 10.2. The SMILES string of the molecule is Cc1cc(CNc2ccc([N+](=O)[O-])c(N)c2)on1. The van der Waals surface area contributed by atoms with E-state index in [0.717, 1.165) is 5.69 Å². The van der Waals surface area contributed by atoms with E-state index in [9.17, 15) is 10.1 Å². The summed E-state index contributed by atoms with van der Waals surface area (Å²) >= 11 is 0. The number of benzene rings is 1. The number of aromatic nitrogens is 1. The van der Waals surface area contributed by atoms with Crippen LogP contribution in [0.1, 0.15) is 11.5 Å². The maximum absolute atomic E-state index is 10.6. The van der Waals surface area contributed by atoms with Crippen LogP contribution in [0, 0.1) is 17.0 Å². The summed E-state index contributed by atoms with van der Waals surface area (Å²) in [5.41, 5.74) is 7.09. The zero-order chi connectivity index (χ0) is 13.1. The lowest BCUT2D eigenvalue weighted by molar-refractivity contribution is -0.383. The molecule has 18 heavy (non-hydrogen) atoms. The fourth-order valence-corrected chi connectivity index (χ4v) is 1.52. The van der Waals surface area contributed by atoms with Crippen molar-refractivity contribution in [2.24, 2.45) is 0 Å². The van der Waals surface area contributed by atoms with Crippen LogP contribution in [0.25, 0.3) is 0 Å². The van der Waals surface area contributed by atoms with Gasteiger partial charge in [0.05, 0.1) is 17.2 Å². The summed E-state index contributed by atoms with van der Waals surface area (Å²) in [4.78, 5) is 10.1. The van der Waals surface area contributed by atoms with E-state index in [1.165, 1.54) is 12.1 Å². The molecule has 2 aromatic rings. The second-order valence-corrected chi connectivity index (χ2v) is 3.82. The number of rotatable bonds is 4. The molecule has 2 rings (SSSR count). The summed E-state index contributed by atoms with van der Waals surface area (Å²) in [6.45, 7) is 2.27. The van der Waals surface area contributed by atoms with Crippen LogP contribution in [0.5, 0.6) is 0 Å². The molecular weight excluding hydrogens is 236 g/mol. The van der Waals surface area contributed by atoms with Gasteiger partial charge in [0.25, 0.3) is 5.69 Å². The summed E-state index contributed by atoms with van der Waals surface area (Å²) in [6.07, 6.45) is 0. The summed E-state index contributed by atoms with van der Waals surface area (Å²) in [7, 11) is 0. The van der Waals surface area contributed by atoms with Crippen molar-refractivity contribution >= 4 is 17.1 Å². The molecule has 0 aliphatic heterocycles. The standard InChI is InChI=1S/C11H12N4O3/c1-7-4-9(18-14-7)6-13-8-2-3-11(15(16)17)10(12)5-8/h2-5,13H,6,12H2,1H3. The summed E-state index contributed by atoms with van der Waals surface area (Å²) in [5, 5.41) is 17.4.